The molecule has 0 aliphatic heterocycles. The molecule has 2 aromatic carbocycles. The van der Waals surface area contributed by atoms with Crippen molar-refractivity contribution in [3.05, 3.63) is 50.6 Å². The van der Waals surface area contributed by atoms with Gasteiger partial charge in [0.1, 0.15) is 23.3 Å². The quantitative estimate of drug-likeness (QED) is 0.462. The first-order chi connectivity index (χ1) is 11.7. The summed E-state index contributed by atoms with van der Waals surface area (Å²) in [6.07, 6.45) is -4.56. The van der Waals surface area contributed by atoms with Crippen LogP contribution in [0.5, 0.6) is 17.2 Å². The summed E-state index contributed by atoms with van der Waals surface area (Å²) < 4.78 is 49.9. The number of ether oxygens (including phenoxy) is 2. The SMILES string of the molecule is CCC(C#N)Oc1cc(Oc2ccc(C(F)(F)F)cc2Cl)ccc1I. The van der Waals surface area contributed by atoms with Crippen molar-refractivity contribution in [3.8, 4) is 23.3 Å². The standard InChI is InChI=1S/C17H12ClF3INO2/c1-2-11(9-23)24-16-8-12(4-5-14(16)22)25-15-6-3-10(7-13(15)18)17(19,20)21/h3-8,11H,2H2,1H3. The van der Waals surface area contributed by atoms with Crippen molar-refractivity contribution in [1.29, 1.82) is 5.26 Å². The van der Waals surface area contributed by atoms with Crippen LogP contribution in [0.1, 0.15) is 18.9 Å². The minimum Gasteiger partial charge on any atom is -0.474 e. The van der Waals surface area contributed by atoms with Crippen molar-refractivity contribution in [2.45, 2.75) is 25.6 Å². The number of nitrogens with zero attached hydrogens (tertiary/aromatic N) is 1. The lowest BCUT2D eigenvalue weighted by Gasteiger charge is -2.14. The van der Waals surface area contributed by atoms with Crippen molar-refractivity contribution in [2.24, 2.45) is 0 Å². The van der Waals surface area contributed by atoms with E-state index in [0.29, 0.717) is 17.9 Å². The molecule has 1 atom stereocenters. The Balaban J connectivity index is 2.25. The molecular formula is C17H12ClF3INO2. The van der Waals surface area contributed by atoms with Crippen LogP contribution in [0.15, 0.2) is 36.4 Å². The van der Waals surface area contributed by atoms with E-state index in [9.17, 15) is 13.2 Å². The summed E-state index contributed by atoms with van der Waals surface area (Å²) in [5.41, 5.74) is -0.851. The van der Waals surface area contributed by atoms with Gasteiger partial charge < -0.3 is 9.47 Å². The Morgan fingerprint density at radius 3 is 2.48 bits per heavy atom. The number of hydrogen-bond acceptors (Lipinski definition) is 3. The van der Waals surface area contributed by atoms with Crippen molar-refractivity contribution in [3.63, 3.8) is 0 Å². The molecule has 0 saturated heterocycles. The summed E-state index contributed by atoms with van der Waals surface area (Å²) in [7, 11) is 0. The van der Waals surface area contributed by atoms with Crippen molar-refractivity contribution >= 4 is 34.2 Å². The lowest BCUT2D eigenvalue weighted by Crippen LogP contribution is -2.12. The monoisotopic (exact) mass is 481 g/mol. The topological polar surface area (TPSA) is 42.2 Å². The molecule has 0 radical (unpaired) electrons. The Bertz CT molecular complexity index is 805. The first-order valence-electron chi connectivity index (χ1n) is 7.15. The summed E-state index contributed by atoms with van der Waals surface area (Å²) in [5, 5.41) is 8.84. The molecule has 0 aliphatic carbocycles. The predicted molar refractivity (Wildman–Crippen MR) is 96.0 cm³/mol. The second kappa shape index (κ2) is 8.15. The Labute approximate surface area is 161 Å². The Kier molecular flexibility index (Phi) is 6.41. The van der Waals surface area contributed by atoms with Gasteiger partial charge in [0.2, 0.25) is 0 Å². The van der Waals surface area contributed by atoms with E-state index in [1.165, 1.54) is 0 Å². The second-order valence-corrected chi connectivity index (χ2v) is 6.55. The Hall–Kier alpha value is -1.66. The normalized spacial score (nSPS) is 12.4. The summed E-state index contributed by atoms with van der Waals surface area (Å²) in [6.45, 7) is 1.82. The summed E-state index contributed by atoms with van der Waals surface area (Å²) >= 11 is 7.94. The number of halogens is 5. The van der Waals surface area contributed by atoms with Crippen LogP contribution in [0.4, 0.5) is 13.2 Å². The van der Waals surface area contributed by atoms with E-state index in [1.54, 1.807) is 18.2 Å². The third-order valence-corrected chi connectivity index (χ3v) is 4.36. The fraction of sp³-hybridized carbons (Fsp3) is 0.235. The van der Waals surface area contributed by atoms with E-state index in [4.69, 9.17) is 26.3 Å². The van der Waals surface area contributed by atoms with Gasteiger partial charge in [-0.05, 0) is 59.3 Å². The van der Waals surface area contributed by atoms with Crippen molar-refractivity contribution in [2.75, 3.05) is 0 Å². The van der Waals surface area contributed by atoms with Crippen molar-refractivity contribution < 1.29 is 22.6 Å². The maximum atomic E-state index is 12.7. The van der Waals surface area contributed by atoms with E-state index in [0.717, 1.165) is 21.8 Å². The van der Waals surface area contributed by atoms with Crippen molar-refractivity contribution in [1.82, 2.24) is 0 Å². The molecule has 0 fully saturated rings. The molecule has 2 rings (SSSR count). The highest BCUT2D eigenvalue weighted by Gasteiger charge is 2.31. The summed E-state index contributed by atoms with van der Waals surface area (Å²) in [4.78, 5) is 0. The molecule has 1 unspecified atom stereocenters. The minimum atomic E-state index is -4.47. The maximum absolute atomic E-state index is 12.7. The van der Waals surface area contributed by atoms with Gasteiger partial charge in [-0.3, -0.25) is 0 Å². The lowest BCUT2D eigenvalue weighted by molar-refractivity contribution is -0.137. The minimum absolute atomic E-state index is 0.0918. The van der Waals surface area contributed by atoms with Gasteiger partial charge in [-0.25, -0.2) is 0 Å². The van der Waals surface area contributed by atoms with Crippen LogP contribution in [0.2, 0.25) is 5.02 Å². The zero-order valence-corrected chi connectivity index (χ0v) is 15.8. The largest absolute Gasteiger partial charge is 0.474 e. The fourth-order valence-corrected chi connectivity index (χ4v) is 2.56. The van der Waals surface area contributed by atoms with Crippen LogP contribution in [0, 0.1) is 14.9 Å². The smallest absolute Gasteiger partial charge is 0.416 e. The molecule has 0 saturated carbocycles. The second-order valence-electron chi connectivity index (χ2n) is 4.98. The van der Waals surface area contributed by atoms with E-state index in [1.807, 2.05) is 13.0 Å². The average Bonchev–Trinajstić information content (AvgIpc) is 2.56. The molecule has 0 amide bonds. The van der Waals surface area contributed by atoms with Gasteiger partial charge in [0, 0.05) is 6.07 Å². The highest BCUT2D eigenvalue weighted by Crippen LogP contribution is 2.37. The van der Waals surface area contributed by atoms with Gasteiger partial charge in [0.15, 0.2) is 6.10 Å². The Morgan fingerprint density at radius 1 is 1.20 bits per heavy atom. The molecule has 132 valence electrons. The van der Waals surface area contributed by atoms with Crippen LogP contribution in [-0.4, -0.2) is 6.10 Å². The first kappa shape index (κ1) is 19.7. The number of alkyl halides is 3. The molecule has 0 spiro atoms. The van der Waals surface area contributed by atoms with Crippen LogP contribution >= 0.6 is 34.2 Å². The molecule has 8 heteroatoms. The summed E-state index contributed by atoms with van der Waals surface area (Å²) in [6, 6.07) is 9.81. The highest BCUT2D eigenvalue weighted by molar-refractivity contribution is 14.1. The van der Waals surface area contributed by atoms with Crippen LogP contribution < -0.4 is 9.47 Å². The number of benzene rings is 2. The molecule has 0 N–H and O–H groups in total. The van der Waals surface area contributed by atoms with Gasteiger partial charge in [0.05, 0.1) is 14.2 Å². The van der Waals surface area contributed by atoms with Crippen LogP contribution in [0.3, 0.4) is 0 Å². The van der Waals surface area contributed by atoms with Crippen LogP contribution in [-0.2, 0) is 6.18 Å². The van der Waals surface area contributed by atoms with Gasteiger partial charge in [0.25, 0.3) is 0 Å². The van der Waals surface area contributed by atoms with E-state index in [-0.39, 0.29) is 10.8 Å². The third-order valence-electron chi connectivity index (χ3n) is 3.17. The Morgan fingerprint density at radius 2 is 1.92 bits per heavy atom. The molecule has 0 aromatic heterocycles. The zero-order chi connectivity index (χ0) is 18.6. The molecule has 25 heavy (non-hydrogen) atoms. The van der Waals surface area contributed by atoms with Crippen LogP contribution in [0.25, 0.3) is 0 Å². The molecule has 3 nitrogen and oxygen atoms in total. The summed E-state index contributed by atoms with van der Waals surface area (Å²) in [5.74, 6) is 0.883. The van der Waals surface area contributed by atoms with E-state index >= 15 is 0 Å². The third kappa shape index (κ3) is 5.16. The zero-order valence-electron chi connectivity index (χ0n) is 12.9. The molecule has 0 bridgehead atoms. The van der Waals surface area contributed by atoms with E-state index < -0.39 is 17.8 Å². The number of rotatable bonds is 5. The van der Waals surface area contributed by atoms with E-state index in [2.05, 4.69) is 22.6 Å². The lowest BCUT2D eigenvalue weighted by atomic mass is 10.2. The van der Waals surface area contributed by atoms with Gasteiger partial charge >= 0.3 is 6.18 Å². The maximum Gasteiger partial charge on any atom is 0.416 e. The van der Waals surface area contributed by atoms with Gasteiger partial charge in [-0.15, -0.1) is 0 Å². The van der Waals surface area contributed by atoms with Gasteiger partial charge in [-0.1, -0.05) is 18.5 Å². The molecule has 0 heterocycles. The number of nitriles is 1. The predicted octanol–water partition coefficient (Wildman–Crippen LogP) is 6.44. The number of hydrogen-bond donors (Lipinski definition) is 0. The molecular weight excluding hydrogens is 470 g/mol. The highest BCUT2D eigenvalue weighted by atomic mass is 127. The molecule has 0 aliphatic rings. The fourth-order valence-electron chi connectivity index (χ4n) is 1.88. The average molecular weight is 482 g/mol. The molecule has 2 aromatic rings. The van der Waals surface area contributed by atoms with Gasteiger partial charge in [-0.2, -0.15) is 18.4 Å². The first-order valence-corrected chi connectivity index (χ1v) is 8.60.